The molecular weight excluding hydrogens is 598 g/mol. The van der Waals surface area contributed by atoms with Crippen molar-refractivity contribution in [2.24, 2.45) is 0 Å². The first-order valence-corrected chi connectivity index (χ1v) is 16.0. The van der Waals surface area contributed by atoms with Gasteiger partial charge in [0.25, 0.3) is 10.0 Å². The van der Waals surface area contributed by atoms with Gasteiger partial charge in [0.2, 0.25) is 11.8 Å². The van der Waals surface area contributed by atoms with Crippen LogP contribution in [0.5, 0.6) is 5.75 Å². The van der Waals surface area contributed by atoms with Gasteiger partial charge in [0.1, 0.15) is 18.3 Å². The fourth-order valence-corrected chi connectivity index (χ4v) is 6.56. The van der Waals surface area contributed by atoms with Crippen LogP contribution < -0.4 is 14.4 Å². The van der Waals surface area contributed by atoms with E-state index in [9.17, 15) is 18.0 Å². The van der Waals surface area contributed by atoms with Gasteiger partial charge in [-0.15, -0.1) is 0 Å². The molecule has 44 heavy (non-hydrogen) atoms. The van der Waals surface area contributed by atoms with Crippen molar-refractivity contribution >= 4 is 39.1 Å². The van der Waals surface area contributed by atoms with Gasteiger partial charge < -0.3 is 15.0 Å². The Hall–Kier alpha value is -4.34. The van der Waals surface area contributed by atoms with Crippen LogP contribution in [0.15, 0.2) is 108 Å². The van der Waals surface area contributed by atoms with Crippen molar-refractivity contribution in [1.29, 1.82) is 0 Å². The number of rotatable bonds is 13. The second kappa shape index (κ2) is 14.9. The highest BCUT2D eigenvalue weighted by Gasteiger charge is 2.35. The minimum Gasteiger partial charge on any atom is -0.495 e. The molecule has 1 N–H and O–H groups in total. The molecule has 0 heterocycles. The lowest BCUT2D eigenvalue weighted by molar-refractivity contribution is -0.140. The van der Waals surface area contributed by atoms with Crippen molar-refractivity contribution in [2.45, 2.75) is 37.8 Å². The summed E-state index contributed by atoms with van der Waals surface area (Å²) >= 11 is 6.29. The van der Waals surface area contributed by atoms with E-state index in [1.165, 1.54) is 24.1 Å². The summed E-state index contributed by atoms with van der Waals surface area (Å²) in [6.07, 6.45) is 0.220. The zero-order chi connectivity index (χ0) is 31.7. The number of sulfonamides is 1. The van der Waals surface area contributed by atoms with Gasteiger partial charge >= 0.3 is 0 Å². The number of hydrogen-bond donors (Lipinski definition) is 1. The topological polar surface area (TPSA) is 96.0 Å². The predicted molar refractivity (Wildman–Crippen MR) is 173 cm³/mol. The van der Waals surface area contributed by atoms with Crippen LogP contribution in [0, 0.1) is 6.92 Å². The zero-order valence-electron chi connectivity index (χ0n) is 24.9. The molecule has 0 aliphatic heterocycles. The number of methoxy groups -OCH3 is 1. The lowest BCUT2D eigenvalue weighted by atomic mass is 10.0. The summed E-state index contributed by atoms with van der Waals surface area (Å²) in [6.45, 7) is 3.44. The van der Waals surface area contributed by atoms with Gasteiger partial charge in [-0.3, -0.25) is 13.9 Å². The quantitative estimate of drug-likeness (QED) is 0.206. The molecule has 10 heteroatoms. The number of hydrogen-bond acceptors (Lipinski definition) is 5. The second-order valence-corrected chi connectivity index (χ2v) is 12.6. The number of carbonyl (C=O) groups excluding carboxylic acids is 2. The fraction of sp³-hybridized carbons (Fsp3) is 0.235. The van der Waals surface area contributed by atoms with Crippen molar-refractivity contribution in [2.75, 3.05) is 24.5 Å². The Labute approximate surface area is 264 Å². The summed E-state index contributed by atoms with van der Waals surface area (Å²) in [5.74, 6) is -0.633. The molecule has 0 spiro atoms. The first-order chi connectivity index (χ1) is 21.1. The summed E-state index contributed by atoms with van der Waals surface area (Å²) in [4.78, 5) is 29.5. The van der Waals surface area contributed by atoms with Crippen LogP contribution >= 0.6 is 11.6 Å². The van der Waals surface area contributed by atoms with Gasteiger partial charge in [-0.25, -0.2) is 8.42 Å². The maximum Gasteiger partial charge on any atom is 0.264 e. The van der Waals surface area contributed by atoms with Gasteiger partial charge in [0, 0.05) is 24.5 Å². The average Bonchev–Trinajstić information content (AvgIpc) is 3.02. The normalized spacial score (nSPS) is 11.8. The van der Waals surface area contributed by atoms with Crippen molar-refractivity contribution < 1.29 is 22.7 Å². The number of carbonyl (C=O) groups is 2. The molecule has 4 aromatic rings. The molecule has 4 aromatic carbocycles. The van der Waals surface area contributed by atoms with E-state index in [1.54, 1.807) is 61.5 Å². The van der Waals surface area contributed by atoms with Crippen LogP contribution in [0.2, 0.25) is 5.02 Å². The molecule has 4 rings (SSSR count). The number of aryl methyl sites for hydroxylation is 1. The van der Waals surface area contributed by atoms with E-state index in [0.717, 1.165) is 15.4 Å². The van der Waals surface area contributed by atoms with E-state index in [2.05, 4.69) is 5.32 Å². The molecule has 1 atom stereocenters. The largest absolute Gasteiger partial charge is 0.495 e. The van der Waals surface area contributed by atoms with Gasteiger partial charge in [0.05, 0.1) is 17.7 Å². The molecule has 2 amide bonds. The molecule has 0 bridgehead atoms. The summed E-state index contributed by atoms with van der Waals surface area (Å²) in [6, 6.07) is 28.5. The fourth-order valence-electron chi connectivity index (χ4n) is 4.91. The average molecular weight is 634 g/mol. The smallest absolute Gasteiger partial charge is 0.264 e. The van der Waals surface area contributed by atoms with Gasteiger partial charge in [-0.1, -0.05) is 78.3 Å². The highest BCUT2D eigenvalue weighted by atomic mass is 35.5. The number of amides is 2. The number of anilines is 1. The van der Waals surface area contributed by atoms with E-state index >= 15 is 0 Å². The number of halogens is 1. The third kappa shape index (κ3) is 7.98. The Balaban J connectivity index is 1.84. The Kier molecular flexibility index (Phi) is 11.0. The minimum absolute atomic E-state index is 0.0160. The number of nitrogens with zero attached hydrogens (tertiary/aromatic N) is 2. The predicted octanol–water partition coefficient (Wildman–Crippen LogP) is 5.63. The molecule has 0 radical (unpaired) electrons. The molecule has 0 aliphatic rings. The van der Waals surface area contributed by atoms with Gasteiger partial charge in [-0.2, -0.15) is 0 Å². The second-order valence-electron chi connectivity index (χ2n) is 10.3. The molecule has 0 aliphatic carbocycles. The van der Waals surface area contributed by atoms with Gasteiger partial charge in [0.15, 0.2) is 0 Å². The van der Waals surface area contributed by atoms with Crippen LogP contribution in [0.25, 0.3) is 0 Å². The summed E-state index contributed by atoms with van der Waals surface area (Å²) in [5, 5.41) is 3.33. The Morgan fingerprint density at radius 1 is 0.886 bits per heavy atom. The maximum atomic E-state index is 14.5. The first kappa shape index (κ1) is 32.6. The summed E-state index contributed by atoms with van der Waals surface area (Å²) in [7, 11) is -2.80. The number of likely N-dealkylation sites (N-methyl/N-ethyl adjacent to an activating group) is 1. The number of ether oxygens (including phenoxy) is 1. The lowest BCUT2D eigenvalue weighted by Crippen LogP contribution is -2.53. The minimum atomic E-state index is -4.24. The Morgan fingerprint density at radius 2 is 1.55 bits per heavy atom. The third-order valence-corrected chi connectivity index (χ3v) is 9.09. The van der Waals surface area contributed by atoms with E-state index in [1.807, 2.05) is 43.3 Å². The van der Waals surface area contributed by atoms with Crippen molar-refractivity contribution in [3.8, 4) is 5.75 Å². The number of benzene rings is 4. The zero-order valence-corrected chi connectivity index (χ0v) is 26.5. The molecule has 8 nitrogen and oxygen atoms in total. The molecule has 0 unspecified atom stereocenters. The monoisotopic (exact) mass is 633 g/mol. The molecular formula is C34H36ClN3O5S. The molecule has 0 saturated heterocycles. The van der Waals surface area contributed by atoms with E-state index in [4.69, 9.17) is 16.3 Å². The summed E-state index contributed by atoms with van der Waals surface area (Å²) in [5.41, 5.74) is 2.53. The van der Waals surface area contributed by atoms with Crippen LogP contribution in [0.1, 0.15) is 23.6 Å². The van der Waals surface area contributed by atoms with Gasteiger partial charge in [-0.05, 0) is 66.9 Å². The van der Waals surface area contributed by atoms with Crippen LogP contribution in [-0.4, -0.2) is 51.4 Å². The Morgan fingerprint density at radius 3 is 2.18 bits per heavy atom. The van der Waals surface area contributed by atoms with Crippen LogP contribution in [0.3, 0.4) is 0 Å². The third-order valence-electron chi connectivity index (χ3n) is 7.08. The molecule has 0 aromatic heterocycles. The standard InChI is InChI=1S/C34H36ClN3O5S/c1-4-36-34(40)31(22-26-12-7-5-8-13-26)37(23-27-14-11-15-28(35)21-27)33(39)24-38(30-20-25(2)18-19-32(30)43-3)44(41,42)29-16-9-6-10-17-29/h5-21,31H,4,22-24H2,1-3H3,(H,36,40)/t31-/m0/s1. The van der Waals surface area contributed by atoms with Crippen molar-refractivity contribution in [1.82, 2.24) is 10.2 Å². The summed E-state index contributed by atoms with van der Waals surface area (Å²) < 4.78 is 35.0. The SMILES string of the molecule is CCNC(=O)[C@H](Cc1ccccc1)N(Cc1cccc(Cl)c1)C(=O)CN(c1cc(C)ccc1OC)S(=O)(=O)c1ccccc1. The van der Waals surface area contributed by atoms with E-state index < -0.39 is 28.5 Å². The van der Waals surface area contributed by atoms with Crippen LogP contribution in [0.4, 0.5) is 5.69 Å². The first-order valence-electron chi connectivity index (χ1n) is 14.2. The van der Waals surface area contributed by atoms with Crippen LogP contribution in [-0.2, 0) is 32.6 Å². The number of nitrogens with one attached hydrogen (secondary N) is 1. The molecule has 230 valence electrons. The van der Waals surface area contributed by atoms with E-state index in [-0.39, 0.29) is 35.2 Å². The van der Waals surface area contributed by atoms with E-state index in [0.29, 0.717) is 17.1 Å². The van der Waals surface area contributed by atoms with Crippen molar-refractivity contribution in [3.05, 3.63) is 125 Å². The maximum absolute atomic E-state index is 14.5. The molecule has 0 fully saturated rings. The van der Waals surface area contributed by atoms with Crippen molar-refractivity contribution in [3.63, 3.8) is 0 Å². The Bertz CT molecular complexity index is 1680. The highest BCUT2D eigenvalue weighted by molar-refractivity contribution is 7.92. The highest BCUT2D eigenvalue weighted by Crippen LogP contribution is 2.34. The lowest BCUT2D eigenvalue weighted by Gasteiger charge is -2.34. The molecule has 0 saturated carbocycles.